The molecule has 136 valence electrons. The lowest BCUT2D eigenvalue weighted by Crippen LogP contribution is -2.21. The number of hydrogen-bond donors (Lipinski definition) is 1. The standard InChI is InChI=1S/C21H29NO2S/c1-13-18(9-10-25-13)22-15-11-16(20(3,4)5)19(24-14(2)23)17(12-15)21(6,7)8/h9-12,22H,1-8H3. The van der Waals surface area contributed by atoms with Crippen LogP contribution in [0.4, 0.5) is 11.4 Å². The third kappa shape index (κ3) is 4.63. The number of carbonyl (C=O) groups is 1. The molecule has 0 aliphatic heterocycles. The minimum atomic E-state index is -0.287. The van der Waals surface area contributed by atoms with E-state index in [1.54, 1.807) is 11.3 Å². The van der Waals surface area contributed by atoms with Gasteiger partial charge < -0.3 is 10.1 Å². The van der Waals surface area contributed by atoms with Gasteiger partial charge in [-0.2, -0.15) is 0 Å². The molecule has 1 aromatic carbocycles. The van der Waals surface area contributed by atoms with Gasteiger partial charge in [0.25, 0.3) is 0 Å². The molecule has 0 saturated heterocycles. The largest absolute Gasteiger partial charge is 0.426 e. The maximum absolute atomic E-state index is 11.7. The highest BCUT2D eigenvalue weighted by atomic mass is 32.1. The number of nitrogens with one attached hydrogen (secondary N) is 1. The molecular formula is C21H29NO2S. The molecule has 2 rings (SSSR count). The highest BCUT2D eigenvalue weighted by Crippen LogP contribution is 2.42. The Morgan fingerprint density at radius 1 is 1.04 bits per heavy atom. The van der Waals surface area contributed by atoms with Gasteiger partial charge in [-0.3, -0.25) is 4.79 Å². The molecule has 0 bridgehead atoms. The van der Waals surface area contributed by atoms with Crippen LogP contribution >= 0.6 is 11.3 Å². The Balaban J connectivity index is 2.67. The number of anilines is 2. The average Bonchev–Trinajstić information content (AvgIpc) is 2.82. The fourth-order valence-corrected chi connectivity index (χ4v) is 3.39. The maximum Gasteiger partial charge on any atom is 0.308 e. The second-order valence-electron chi connectivity index (χ2n) is 8.51. The molecule has 0 saturated carbocycles. The summed E-state index contributed by atoms with van der Waals surface area (Å²) >= 11 is 1.72. The van der Waals surface area contributed by atoms with Gasteiger partial charge in [0.05, 0.1) is 5.69 Å². The SMILES string of the molecule is CC(=O)Oc1c(C(C)(C)C)cc(Nc2ccsc2C)cc1C(C)(C)C. The fourth-order valence-electron chi connectivity index (χ4n) is 2.74. The van der Waals surface area contributed by atoms with Crippen LogP contribution in [0.25, 0.3) is 0 Å². The average molecular weight is 360 g/mol. The van der Waals surface area contributed by atoms with Crippen molar-refractivity contribution in [2.24, 2.45) is 0 Å². The zero-order valence-electron chi connectivity index (χ0n) is 16.5. The Labute approximate surface area is 155 Å². The van der Waals surface area contributed by atoms with E-state index in [2.05, 4.69) is 77.4 Å². The van der Waals surface area contributed by atoms with Crippen LogP contribution in [0, 0.1) is 6.92 Å². The predicted molar refractivity (Wildman–Crippen MR) is 107 cm³/mol. The van der Waals surface area contributed by atoms with E-state index in [0.717, 1.165) is 22.5 Å². The number of carbonyl (C=O) groups excluding carboxylic acids is 1. The molecule has 1 N–H and O–H groups in total. The van der Waals surface area contributed by atoms with Crippen LogP contribution in [0.3, 0.4) is 0 Å². The molecule has 0 radical (unpaired) electrons. The third-order valence-corrected chi connectivity index (χ3v) is 4.93. The first-order chi connectivity index (χ1) is 11.4. The van der Waals surface area contributed by atoms with E-state index in [-0.39, 0.29) is 16.8 Å². The zero-order valence-corrected chi connectivity index (χ0v) is 17.4. The Morgan fingerprint density at radius 3 is 1.92 bits per heavy atom. The first-order valence-electron chi connectivity index (χ1n) is 8.58. The molecule has 1 heterocycles. The highest BCUT2D eigenvalue weighted by molar-refractivity contribution is 7.10. The highest BCUT2D eigenvalue weighted by Gasteiger charge is 2.29. The fraction of sp³-hybridized carbons (Fsp3) is 0.476. The van der Waals surface area contributed by atoms with Crippen molar-refractivity contribution in [2.45, 2.75) is 66.2 Å². The summed E-state index contributed by atoms with van der Waals surface area (Å²) in [4.78, 5) is 13.0. The summed E-state index contributed by atoms with van der Waals surface area (Å²) in [6.07, 6.45) is 0. The van der Waals surface area contributed by atoms with Gasteiger partial charge in [-0.15, -0.1) is 11.3 Å². The summed E-state index contributed by atoms with van der Waals surface area (Å²) in [5, 5.41) is 5.61. The normalized spacial score (nSPS) is 12.2. The van der Waals surface area contributed by atoms with Gasteiger partial charge in [-0.25, -0.2) is 0 Å². The van der Waals surface area contributed by atoms with E-state index in [9.17, 15) is 4.79 Å². The molecule has 0 aliphatic rings. The lowest BCUT2D eigenvalue weighted by molar-refractivity contribution is -0.132. The second kappa shape index (κ2) is 6.83. The van der Waals surface area contributed by atoms with Crippen LogP contribution in [-0.2, 0) is 15.6 Å². The van der Waals surface area contributed by atoms with Gasteiger partial charge in [0.2, 0.25) is 0 Å². The minimum Gasteiger partial charge on any atom is -0.426 e. The monoisotopic (exact) mass is 359 g/mol. The molecule has 0 aliphatic carbocycles. The molecule has 1 aromatic heterocycles. The summed E-state index contributed by atoms with van der Waals surface area (Å²) in [7, 11) is 0. The minimum absolute atomic E-state index is 0.147. The number of hydrogen-bond acceptors (Lipinski definition) is 4. The van der Waals surface area contributed by atoms with Crippen molar-refractivity contribution in [1.82, 2.24) is 0 Å². The quantitative estimate of drug-likeness (QED) is 0.515. The maximum atomic E-state index is 11.7. The van der Waals surface area contributed by atoms with Gasteiger partial charge in [0, 0.05) is 28.6 Å². The second-order valence-corrected chi connectivity index (χ2v) is 9.63. The Bertz CT molecular complexity index is 741. The van der Waals surface area contributed by atoms with Crippen LogP contribution in [0.1, 0.15) is 64.5 Å². The van der Waals surface area contributed by atoms with Crippen molar-refractivity contribution in [3.63, 3.8) is 0 Å². The molecule has 0 amide bonds. The lowest BCUT2D eigenvalue weighted by atomic mass is 9.79. The molecule has 3 nitrogen and oxygen atoms in total. The predicted octanol–water partition coefficient (Wildman–Crippen LogP) is 6.32. The number of ether oxygens (including phenoxy) is 1. The van der Waals surface area contributed by atoms with Crippen LogP contribution < -0.4 is 10.1 Å². The van der Waals surface area contributed by atoms with E-state index < -0.39 is 0 Å². The van der Waals surface area contributed by atoms with Crippen molar-refractivity contribution in [2.75, 3.05) is 5.32 Å². The zero-order chi connectivity index (χ0) is 19.0. The summed E-state index contributed by atoms with van der Waals surface area (Å²) in [6, 6.07) is 6.29. The van der Waals surface area contributed by atoms with Crippen molar-refractivity contribution in [3.8, 4) is 5.75 Å². The van der Waals surface area contributed by atoms with Gasteiger partial charge in [-0.1, -0.05) is 41.5 Å². The molecule has 0 unspecified atom stereocenters. The Kier molecular flexibility index (Phi) is 5.33. The molecule has 25 heavy (non-hydrogen) atoms. The van der Waals surface area contributed by atoms with Crippen LogP contribution in [0.15, 0.2) is 23.6 Å². The van der Waals surface area contributed by atoms with Crippen molar-refractivity contribution < 1.29 is 9.53 Å². The Morgan fingerprint density at radius 2 is 1.56 bits per heavy atom. The van der Waals surface area contributed by atoms with Crippen molar-refractivity contribution in [1.29, 1.82) is 0 Å². The number of esters is 1. The van der Waals surface area contributed by atoms with Crippen molar-refractivity contribution in [3.05, 3.63) is 39.6 Å². The number of rotatable bonds is 3. The van der Waals surface area contributed by atoms with E-state index in [0.29, 0.717) is 5.75 Å². The van der Waals surface area contributed by atoms with Gasteiger partial charge in [-0.05, 0) is 41.3 Å². The topological polar surface area (TPSA) is 38.3 Å². The van der Waals surface area contributed by atoms with Crippen molar-refractivity contribution >= 4 is 28.7 Å². The molecule has 0 spiro atoms. The first kappa shape index (κ1) is 19.5. The molecule has 2 aromatic rings. The lowest BCUT2D eigenvalue weighted by Gasteiger charge is -2.30. The van der Waals surface area contributed by atoms with E-state index in [4.69, 9.17) is 4.74 Å². The first-order valence-corrected chi connectivity index (χ1v) is 9.46. The van der Waals surface area contributed by atoms with E-state index in [1.165, 1.54) is 11.8 Å². The number of aryl methyl sites for hydroxylation is 1. The smallest absolute Gasteiger partial charge is 0.308 e. The Hall–Kier alpha value is -1.81. The van der Waals surface area contributed by atoms with E-state index >= 15 is 0 Å². The third-order valence-electron chi connectivity index (χ3n) is 4.09. The number of thiophene rings is 1. The van der Waals surface area contributed by atoms with Crippen LogP contribution in [0.5, 0.6) is 5.75 Å². The summed E-state index contributed by atoms with van der Waals surface area (Å²) < 4.78 is 5.68. The van der Waals surface area contributed by atoms with Crippen LogP contribution in [-0.4, -0.2) is 5.97 Å². The molecule has 4 heteroatoms. The van der Waals surface area contributed by atoms with Gasteiger partial charge in [0.15, 0.2) is 0 Å². The summed E-state index contributed by atoms with van der Waals surface area (Å²) in [5.41, 5.74) is 3.91. The number of benzene rings is 1. The van der Waals surface area contributed by atoms with Gasteiger partial charge >= 0.3 is 5.97 Å². The van der Waals surface area contributed by atoms with Gasteiger partial charge in [0.1, 0.15) is 5.75 Å². The molecule has 0 atom stereocenters. The summed E-state index contributed by atoms with van der Waals surface area (Å²) in [6.45, 7) is 16.4. The summed E-state index contributed by atoms with van der Waals surface area (Å²) in [5.74, 6) is 0.408. The molecule has 0 fully saturated rings. The van der Waals surface area contributed by atoms with E-state index in [1.807, 2.05) is 0 Å². The molecular weight excluding hydrogens is 330 g/mol. The van der Waals surface area contributed by atoms with Crippen LogP contribution in [0.2, 0.25) is 0 Å².